The Balaban J connectivity index is 3.49. The second-order valence-electron chi connectivity index (χ2n) is 3.78. The van der Waals surface area contributed by atoms with Crippen molar-refractivity contribution in [2.75, 3.05) is 18.6 Å². The molecule has 2 heteroatoms. The number of thioether (sulfide) groups is 1. The van der Waals surface area contributed by atoms with Crippen LogP contribution in [0.2, 0.25) is 0 Å². The van der Waals surface area contributed by atoms with Gasteiger partial charge in [0, 0.05) is 24.7 Å². The molecule has 1 atom stereocenters. The van der Waals surface area contributed by atoms with Crippen molar-refractivity contribution in [3.05, 3.63) is 24.6 Å². The summed E-state index contributed by atoms with van der Waals surface area (Å²) in [5, 5.41) is 0. The highest BCUT2D eigenvalue weighted by Gasteiger charge is 1.96. The molecule has 0 aromatic rings. The zero-order valence-electron chi connectivity index (χ0n) is 9.92. The quantitative estimate of drug-likeness (QED) is 0.593. The first-order valence-electron chi connectivity index (χ1n) is 5.20. The van der Waals surface area contributed by atoms with Gasteiger partial charge in [-0.1, -0.05) is 32.9 Å². The van der Waals surface area contributed by atoms with E-state index in [4.69, 9.17) is 0 Å². The number of rotatable bonds is 7. The van der Waals surface area contributed by atoms with Crippen molar-refractivity contribution >= 4 is 11.8 Å². The average Bonchev–Trinajstić information content (AvgIpc) is 2.16. The highest BCUT2D eigenvalue weighted by atomic mass is 32.2. The summed E-state index contributed by atoms with van der Waals surface area (Å²) in [7, 11) is 2.03. The van der Waals surface area contributed by atoms with Gasteiger partial charge in [0.25, 0.3) is 0 Å². The van der Waals surface area contributed by atoms with Gasteiger partial charge in [0.05, 0.1) is 0 Å². The highest BCUT2D eigenvalue weighted by molar-refractivity contribution is 7.99. The lowest BCUT2D eigenvalue weighted by atomic mass is 10.2. The Morgan fingerprint density at radius 2 is 2.21 bits per heavy atom. The lowest BCUT2D eigenvalue weighted by Gasteiger charge is -2.12. The van der Waals surface area contributed by atoms with Crippen LogP contribution in [0, 0.1) is 5.92 Å². The minimum absolute atomic E-state index is 0.840. The number of allylic oxidation sites excluding steroid dienone is 1. The van der Waals surface area contributed by atoms with E-state index in [1.54, 1.807) is 0 Å². The van der Waals surface area contributed by atoms with Crippen LogP contribution in [0.15, 0.2) is 24.6 Å². The third kappa shape index (κ3) is 7.07. The Morgan fingerprint density at radius 3 is 2.71 bits per heavy atom. The second kappa shape index (κ2) is 7.98. The molecular formula is C12H23NS. The molecule has 0 spiro atoms. The molecular weight excluding hydrogens is 190 g/mol. The van der Waals surface area contributed by atoms with Gasteiger partial charge in [-0.05, 0) is 18.6 Å². The third-order valence-electron chi connectivity index (χ3n) is 2.24. The maximum absolute atomic E-state index is 3.86. The summed E-state index contributed by atoms with van der Waals surface area (Å²) in [6.07, 6.45) is 5.57. The van der Waals surface area contributed by atoms with E-state index in [-0.39, 0.29) is 0 Å². The Morgan fingerprint density at radius 1 is 1.57 bits per heavy atom. The Kier molecular flexibility index (Phi) is 7.77. The van der Waals surface area contributed by atoms with Gasteiger partial charge in [0.2, 0.25) is 0 Å². The van der Waals surface area contributed by atoms with Crippen molar-refractivity contribution in [2.24, 2.45) is 5.92 Å². The first-order chi connectivity index (χ1) is 6.57. The van der Waals surface area contributed by atoms with Crippen molar-refractivity contribution < 1.29 is 0 Å². The number of hydrogen-bond acceptors (Lipinski definition) is 2. The summed E-state index contributed by atoms with van der Waals surface area (Å²) in [6, 6.07) is 0. The van der Waals surface area contributed by atoms with Crippen molar-refractivity contribution in [3.8, 4) is 0 Å². The van der Waals surface area contributed by atoms with Crippen LogP contribution in [0.1, 0.15) is 27.2 Å². The molecule has 0 saturated heterocycles. The first kappa shape index (κ1) is 13.6. The predicted molar refractivity (Wildman–Crippen MR) is 68.5 cm³/mol. The zero-order valence-corrected chi connectivity index (χ0v) is 10.7. The molecule has 0 aromatic carbocycles. The van der Waals surface area contributed by atoms with E-state index in [9.17, 15) is 0 Å². The van der Waals surface area contributed by atoms with Gasteiger partial charge in [-0.25, -0.2) is 0 Å². The van der Waals surface area contributed by atoms with Crippen LogP contribution in [0.25, 0.3) is 0 Å². The molecule has 82 valence electrons. The largest absolute Gasteiger partial charge is 0.356 e. The topological polar surface area (TPSA) is 3.24 Å². The molecule has 1 nitrogen and oxygen atoms in total. The van der Waals surface area contributed by atoms with E-state index in [2.05, 4.69) is 32.7 Å². The first-order valence-corrected chi connectivity index (χ1v) is 6.36. The molecule has 0 aliphatic rings. The summed E-state index contributed by atoms with van der Waals surface area (Å²) in [5.74, 6) is 3.20. The van der Waals surface area contributed by atoms with Crippen molar-refractivity contribution in [3.63, 3.8) is 0 Å². The molecule has 0 amide bonds. The van der Waals surface area contributed by atoms with Crippen molar-refractivity contribution in [2.45, 2.75) is 27.2 Å². The Bertz CT molecular complexity index is 187. The minimum Gasteiger partial charge on any atom is -0.356 e. The molecule has 1 unspecified atom stereocenters. The van der Waals surface area contributed by atoms with Crippen LogP contribution >= 0.6 is 11.8 Å². The number of hydrogen-bond donors (Lipinski definition) is 0. The van der Waals surface area contributed by atoms with Crippen molar-refractivity contribution in [1.82, 2.24) is 4.90 Å². The summed E-state index contributed by atoms with van der Waals surface area (Å²) in [6.45, 7) is 10.4. The van der Waals surface area contributed by atoms with E-state index < -0.39 is 0 Å². The minimum atomic E-state index is 0.840. The zero-order chi connectivity index (χ0) is 11.0. The lowest BCUT2D eigenvalue weighted by Crippen LogP contribution is -2.05. The monoisotopic (exact) mass is 213 g/mol. The molecule has 14 heavy (non-hydrogen) atoms. The molecule has 0 rings (SSSR count). The molecule has 0 fully saturated rings. The van der Waals surface area contributed by atoms with Gasteiger partial charge in [0.15, 0.2) is 0 Å². The maximum atomic E-state index is 3.86. The lowest BCUT2D eigenvalue weighted by molar-refractivity contribution is 0.572. The molecule has 0 radical (unpaired) electrons. The van der Waals surface area contributed by atoms with E-state index in [1.807, 2.05) is 30.6 Å². The van der Waals surface area contributed by atoms with Gasteiger partial charge in [-0.2, -0.15) is 11.8 Å². The van der Waals surface area contributed by atoms with Crippen LogP contribution in [-0.2, 0) is 0 Å². The van der Waals surface area contributed by atoms with E-state index >= 15 is 0 Å². The van der Waals surface area contributed by atoms with E-state index in [1.165, 1.54) is 12.2 Å². The molecule has 0 heterocycles. The highest BCUT2D eigenvalue weighted by Crippen LogP contribution is 2.11. The summed E-state index contributed by atoms with van der Waals surface area (Å²) in [5.41, 5.74) is 1.08. The fourth-order valence-electron chi connectivity index (χ4n) is 0.784. The fourth-order valence-corrected chi connectivity index (χ4v) is 1.78. The standard InChI is InChI=1S/C12H23NS/c1-6-12(4)10-14-9-7-8-13(5)11(2)3/h7-8,12H,2,6,9-10H2,1,3-5H3/b8-7-. The Labute approximate surface area is 93.3 Å². The van der Waals surface area contributed by atoms with Gasteiger partial charge < -0.3 is 4.90 Å². The van der Waals surface area contributed by atoms with Crippen LogP contribution in [0.3, 0.4) is 0 Å². The van der Waals surface area contributed by atoms with Gasteiger partial charge in [-0.15, -0.1) is 0 Å². The summed E-state index contributed by atoms with van der Waals surface area (Å²) >= 11 is 2.00. The molecule has 0 aromatic heterocycles. The molecule has 0 aliphatic carbocycles. The number of nitrogens with zero attached hydrogens (tertiary/aromatic N) is 1. The summed E-state index contributed by atoms with van der Waals surface area (Å²) < 4.78 is 0. The Hall–Kier alpha value is -0.370. The molecule has 0 N–H and O–H groups in total. The van der Waals surface area contributed by atoms with Crippen molar-refractivity contribution in [1.29, 1.82) is 0 Å². The molecule has 0 aliphatic heterocycles. The normalized spacial score (nSPS) is 13.1. The average molecular weight is 213 g/mol. The fraction of sp³-hybridized carbons (Fsp3) is 0.667. The van der Waals surface area contributed by atoms with Gasteiger partial charge >= 0.3 is 0 Å². The van der Waals surface area contributed by atoms with E-state index in [0.717, 1.165) is 17.4 Å². The van der Waals surface area contributed by atoms with Gasteiger partial charge in [0.1, 0.15) is 0 Å². The predicted octanol–water partition coefficient (Wildman–Crippen LogP) is 3.74. The van der Waals surface area contributed by atoms with Crippen LogP contribution in [0.4, 0.5) is 0 Å². The summed E-state index contributed by atoms with van der Waals surface area (Å²) in [4.78, 5) is 2.05. The van der Waals surface area contributed by atoms with Crippen LogP contribution < -0.4 is 0 Å². The maximum Gasteiger partial charge on any atom is 0.0130 e. The van der Waals surface area contributed by atoms with Gasteiger partial charge in [-0.3, -0.25) is 0 Å². The second-order valence-corrected chi connectivity index (χ2v) is 4.86. The van der Waals surface area contributed by atoms with Crippen LogP contribution in [-0.4, -0.2) is 23.5 Å². The van der Waals surface area contributed by atoms with Crippen LogP contribution in [0.5, 0.6) is 0 Å². The SMILES string of the molecule is C=C(C)N(C)/C=C\CSCC(C)CC. The smallest absolute Gasteiger partial charge is 0.0130 e. The molecule has 0 bridgehead atoms. The molecule has 0 saturated carbocycles. The van der Waals surface area contributed by atoms with E-state index in [0.29, 0.717) is 0 Å². The third-order valence-corrected chi connectivity index (χ3v) is 3.48.